The van der Waals surface area contributed by atoms with E-state index in [9.17, 15) is 5.11 Å². The Morgan fingerprint density at radius 3 is 2.27 bits per heavy atom. The third kappa shape index (κ3) is 4.59. The first kappa shape index (κ1) is 18.5. The summed E-state index contributed by atoms with van der Waals surface area (Å²) in [7, 11) is 0. The minimum atomic E-state index is -0.351. The Kier molecular flexibility index (Phi) is 7.00. The molecule has 4 bridgehead atoms. The summed E-state index contributed by atoms with van der Waals surface area (Å²) in [5.74, 6) is 2.96. The summed E-state index contributed by atoms with van der Waals surface area (Å²) in [4.78, 5) is 0. The molecule has 0 aromatic rings. The molecule has 0 saturated heterocycles. The van der Waals surface area contributed by atoms with Crippen LogP contribution in [0.5, 0.6) is 0 Å². The van der Waals surface area contributed by atoms with Crippen molar-refractivity contribution in [2.45, 2.75) is 64.4 Å². The molecule has 1 atom stereocenters. The third-order valence-electron chi connectivity index (χ3n) is 5.97. The van der Waals surface area contributed by atoms with Gasteiger partial charge in [0.15, 0.2) is 0 Å². The van der Waals surface area contributed by atoms with Crippen LogP contribution in [0.3, 0.4) is 0 Å². The molecule has 130 valence electrons. The molecule has 4 saturated carbocycles. The Hall–Kier alpha value is 0.170. The van der Waals surface area contributed by atoms with E-state index < -0.39 is 0 Å². The largest absolute Gasteiger partial charge is 0.389 e. The molecule has 2 N–H and O–H groups in total. The molecule has 0 aromatic heterocycles. The first-order valence-corrected chi connectivity index (χ1v) is 9.15. The van der Waals surface area contributed by atoms with Crippen LogP contribution in [0.25, 0.3) is 0 Å². The first-order valence-electron chi connectivity index (χ1n) is 9.15. The lowest BCUT2D eigenvalue weighted by Crippen LogP contribution is -2.48. The molecular formula is C18H34ClNO2. The van der Waals surface area contributed by atoms with Crippen LogP contribution in [-0.4, -0.2) is 37.5 Å². The summed E-state index contributed by atoms with van der Waals surface area (Å²) in [5, 5.41) is 13.3. The Labute approximate surface area is 142 Å². The molecule has 4 fully saturated rings. The second-order valence-electron chi connectivity index (χ2n) is 8.14. The van der Waals surface area contributed by atoms with E-state index in [1.807, 2.05) is 0 Å². The molecule has 0 spiro atoms. The monoisotopic (exact) mass is 331 g/mol. The van der Waals surface area contributed by atoms with Gasteiger partial charge in [-0.25, -0.2) is 0 Å². The van der Waals surface area contributed by atoms with Crippen LogP contribution in [0.2, 0.25) is 0 Å². The predicted octanol–water partition coefficient (Wildman–Crippen LogP) is 3.39. The van der Waals surface area contributed by atoms with E-state index in [-0.39, 0.29) is 18.5 Å². The molecule has 0 heterocycles. The normalized spacial score (nSPS) is 37.1. The predicted molar refractivity (Wildman–Crippen MR) is 92.5 cm³/mol. The Morgan fingerprint density at radius 1 is 1.14 bits per heavy atom. The van der Waals surface area contributed by atoms with E-state index in [1.165, 1.54) is 51.4 Å². The Morgan fingerprint density at radius 2 is 1.73 bits per heavy atom. The average Bonchev–Trinajstić information content (AvgIpc) is 2.42. The van der Waals surface area contributed by atoms with Gasteiger partial charge in [0.25, 0.3) is 0 Å². The van der Waals surface area contributed by atoms with Gasteiger partial charge >= 0.3 is 0 Å². The van der Waals surface area contributed by atoms with Crippen molar-refractivity contribution in [2.75, 3.05) is 26.3 Å². The topological polar surface area (TPSA) is 41.5 Å². The SMILES string of the molecule is CCCCNCC(O)COCC12CC3CC(CC(C3)C1)C2.Cl. The second-order valence-corrected chi connectivity index (χ2v) is 8.14. The maximum absolute atomic E-state index is 9.97. The van der Waals surface area contributed by atoms with E-state index in [0.29, 0.717) is 18.6 Å². The van der Waals surface area contributed by atoms with Gasteiger partial charge in [0.05, 0.1) is 19.3 Å². The van der Waals surface area contributed by atoms with Crippen molar-refractivity contribution >= 4 is 12.4 Å². The molecule has 0 aliphatic heterocycles. The molecule has 0 radical (unpaired) electrons. The zero-order chi connectivity index (χ0) is 14.7. The number of aliphatic hydroxyl groups is 1. The van der Waals surface area contributed by atoms with Crippen LogP contribution in [-0.2, 0) is 4.74 Å². The van der Waals surface area contributed by atoms with Crippen molar-refractivity contribution in [3.63, 3.8) is 0 Å². The molecule has 0 aromatic carbocycles. The molecule has 4 heteroatoms. The molecule has 1 unspecified atom stereocenters. The summed E-state index contributed by atoms with van der Waals surface area (Å²) >= 11 is 0. The van der Waals surface area contributed by atoms with Gasteiger partial charge < -0.3 is 15.2 Å². The number of aliphatic hydroxyl groups excluding tert-OH is 1. The van der Waals surface area contributed by atoms with Crippen LogP contribution in [0.1, 0.15) is 58.3 Å². The number of ether oxygens (including phenoxy) is 1. The van der Waals surface area contributed by atoms with Crippen molar-refractivity contribution in [1.29, 1.82) is 0 Å². The maximum Gasteiger partial charge on any atom is 0.0897 e. The third-order valence-corrected chi connectivity index (χ3v) is 5.97. The van der Waals surface area contributed by atoms with Crippen LogP contribution in [0.4, 0.5) is 0 Å². The highest BCUT2D eigenvalue weighted by molar-refractivity contribution is 5.85. The minimum Gasteiger partial charge on any atom is -0.389 e. The van der Waals surface area contributed by atoms with Gasteiger partial charge in [-0.2, -0.15) is 0 Å². The van der Waals surface area contributed by atoms with Crippen LogP contribution in [0, 0.1) is 23.2 Å². The summed E-state index contributed by atoms with van der Waals surface area (Å²) in [6, 6.07) is 0. The molecular weight excluding hydrogens is 298 g/mol. The first-order chi connectivity index (χ1) is 10.2. The number of halogens is 1. The van der Waals surface area contributed by atoms with Gasteiger partial charge in [0.1, 0.15) is 0 Å². The smallest absolute Gasteiger partial charge is 0.0897 e. The van der Waals surface area contributed by atoms with Gasteiger partial charge in [-0.05, 0) is 74.7 Å². The maximum atomic E-state index is 9.97. The lowest BCUT2D eigenvalue weighted by molar-refractivity contribution is -0.105. The lowest BCUT2D eigenvalue weighted by Gasteiger charge is -2.56. The van der Waals surface area contributed by atoms with E-state index in [2.05, 4.69) is 12.2 Å². The number of unbranched alkanes of at least 4 members (excludes halogenated alkanes) is 1. The quantitative estimate of drug-likeness (QED) is 0.636. The number of hydrogen-bond acceptors (Lipinski definition) is 3. The van der Waals surface area contributed by atoms with Gasteiger partial charge in [0.2, 0.25) is 0 Å². The molecule has 0 amide bonds. The van der Waals surface area contributed by atoms with E-state index in [1.54, 1.807) is 0 Å². The second kappa shape index (κ2) is 8.32. The van der Waals surface area contributed by atoms with Gasteiger partial charge in [-0.15, -0.1) is 12.4 Å². The lowest BCUT2D eigenvalue weighted by atomic mass is 9.50. The van der Waals surface area contributed by atoms with Crippen LogP contribution >= 0.6 is 12.4 Å². The molecule has 3 nitrogen and oxygen atoms in total. The van der Waals surface area contributed by atoms with E-state index in [0.717, 1.165) is 30.9 Å². The zero-order valence-corrected chi connectivity index (χ0v) is 14.9. The fourth-order valence-corrected chi connectivity index (χ4v) is 5.51. The van der Waals surface area contributed by atoms with Crippen molar-refractivity contribution < 1.29 is 9.84 Å². The number of hydrogen-bond donors (Lipinski definition) is 2. The summed E-state index contributed by atoms with van der Waals surface area (Å²) in [6.07, 6.45) is 10.7. The molecule has 22 heavy (non-hydrogen) atoms. The van der Waals surface area contributed by atoms with Gasteiger partial charge in [-0.1, -0.05) is 13.3 Å². The van der Waals surface area contributed by atoms with Crippen molar-refractivity contribution in [1.82, 2.24) is 5.32 Å². The van der Waals surface area contributed by atoms with Crippen LogP contribution < -0.4 is 5.32 Å². The summed E-state index contributed by atoms with van der Waals surface area (Å²) in [5.41, 5.74) is 0.476. The van der Waals surface area contributed by atoms with Crippen molar-refractivity contribution in [2.24, 2.45) is 23.2 Å². The highest BCUT2D eigenvalue weighted by atomic mass is 35.5. The summed E-state index contributed by atoms with van der Waals surface area (Å²) < 4.78 is 5.95. The van der Waals surface area contributed by atoms with Gasteiger partial charge in [-0.3, -0.25) is 0 Å². The highest BCUT2D eigenvalue weighted by Crippen LogP contribution is 2.59. The molecule has 4 rings (SSSR count). The van der Waals surface area contributed by atoms with E-state index >= 15 is 0 Å². The zero-order valence-electron chi connectivity index (χ0n) is 14.1. The average molecular weight is 332 g/mol. The number of nitrogens with one attached hydrogen (secondary N) is 1. The van der Waals surface area contributed by atoms with Gasteiger partial charge in [0, 0.05) is 6.54 Å². The molecule has 4 aliphatic carbocycles. The van der Waals surface area contributed by atoms with Crippen LogP contribution in [0.15, 0.2) is 0 Å². The van der Waals surface area contributed by atoms with Crippen molar-refractivity contribution in [3.05, 3.63) is 0 Å². The Balaban J connectivity index is 0.00000176. The van der Waals surface area contributed by atoms with E-state index in [4.69, 9.17) is 4.74 Å². The fourth-order valence-electron chi connectivity index (χ4n) is 5.51. The van der Waals surface area contributed by atoms with Crippen molar-refractivity contribution in [3.8, 4) is 0 Å². The highest BCUT2D eigenvalue weighted by Gasteiger charge is 2.50. The minimum absolute atomic E-state index is 0. The summed E-state index contributed by atoms with van der Waals surface area (Å²) in [6.45, 7) is 5.25. The molecule has 4 aliphatic rings. The number of rotatable bonds is 9. The standard InChI is InChI=1S/C18H33NO2.ClH/c1-2-3-4-19-11-17(20)12-21-13-18-8-14-5-15(9-18)7-16(6-14)10-18;/h14-17,19-20H,2-13H2,1H3;1H. The Bertz CT molecular complexity index is 302. The fraction of sp³-hybridized carbons (Fsp3) is 1.00.